The summed E-state index contributed by atoms with van der Waals surface area (Å²) in [6, 6.07) is 19.5. The zero-order valence-corrected chi connectivity index (χ0v) is 34.2. The Labute approximate surface area is 336 Å². The number of carbonyl (C=O) groups is 3. The van der Waals surface area contributed by atoms with Crippen LogP contribution in [0.2, 0.25) is 0 Å². The number of carbonyl (C=O) groups excluding carboxylic acids is 3. The van der Waals surface area contributed by atoms with E-state index in [2.05, 4.69) is 13.8 Å². The first-order chi connectivity index (χ1) is 27.3. The molecule has 1 unspecified atom stereocenters. The molecule has 1 N–H and O–H groups in total. The number of esters is 3. The van der Waals surface area contributed by atoms with Crippen molar-refractivity contribution in [2.24, 2.45) is 0 Å². The lowest BCUT2D eigenvalue weighted by Crippen LogP contribution is -2.10. The van der Waals surface area contributed by atoms with Crippen LogP contribution in [-0.2, 0) is 21.0 Å². The first-order valence-electron chi connectivity index (χ1n) is 21.2. The quantitative estimate of drug-likeness (QED) is 0.0422. The fraction of sp³-hybridized carbons (Fsp3) is 0.521. The minimum Gasteiger partial charge on any atom is -0.489 e. The van der Waals surface area contributed by atoms with Crippen molar-refractivity contribution in [1.82, 2.24) is 0 Å². The summed E-state index contributed by atoms with van der Waals surface area (Å²) in [6.45, 7) is 6.06. The second-order valence-electron chi connectivity index (χ2n) is 14.7. The first kappa shape index (κ1) is 46.0. The highest BCUT2D eigenvalue weighted by Crippen LogP contribution is 2.33. The van der Waals surface area contributed by atoms with Gasteiger partial charge in [0.25, 0.3) is 0 Å². The Morgan fingerprint density at radius 3 is 1.68 bits per heavy atom. The van der Waals surface area contributed by atoms with Crippen LogP contribution in [0.1, 0.15) is 172 Å². The van der Waals surface area contributed by atoms with E-state index in [0.717, 1.165) is 44.1 Å². The molecule has 3 aromatic rings. The third kappa shape index (κ3) is 19.4. The molecule has 8 nitrogen and oxygen atoms in total. The van der Waals surface area contributed by atoms with Gasteiger partial charge in [0.15, 0.2) is 0 Å². The lowest BCUT2D eigenvalue weighted by atomic mass is 10.1. The summed E-state index contributed by atoms with van der Waals surface area (Å²) in [7, 11) is 0. The number of benzene rings is 3. The summed E-state index contributed by atoms with van der Waals surface area (Å²) < 4.78 is 22.9. The number of hydrogen-bond acceptors (Lipinski definition) is 8. The van der Waals surface area contributed by atoms with Crippen molar-refractivity contribution < 1.29 is 38.4 Å². The molecule has 3 rings (SSSR count). The Morgan fingerprint density at radius 1 is 0.589 bits per heavy atom. The lowest BCUT2D eigenvalue weighted by Gasteiger charge is -2.15. The number of hydrogen-bond donors (Lipinski definition) is 1. The maximum absolute atomic E-state index is 13.0. The summed E-state index contributed by atoms with van der Waals surface area (Å²) >= 11 is 0. The molecule has 0 aliphatic heterocycles. The van der Waals surface area contributed by atoms with Gasteiger partial charge in [-0.2, -0.15) is 0 Å². The number of rotatable bonds is 29. The van der Waals surface area contributed by atoms with Gasteiger partial charge in [0.05, 0.1) is 0 Å². The average molecular weight is 771 g/mol. The Morgan fingerprint density at radius 2 is 1.11 bits per heavy atom. The van der Waals surface area contributed by atoms with Crippen molar-refractivity contribution in [1.29, 1.82) is 0 Å². The molecule has 0 saturated carbocycles. The van der Waals surface area contributed by atoms with Gasteiger partial charge >= 0.3 is 17.9 Å². The summed E-state index contributed by atoms with van der Waals surface area (Å²) in [5.74, 6) is -0.0642. The van der Waals surface area contributed by atoms with Crippen LogP contribution in [0.3, 0.4) is 0 Å². The normalized spacial score (nSPS) is 11.7. The van der Waals surface area contributed by atoms with Gasteiger partial charge < -0.3 is 24.1 Å². The van der Waals surface area contributed by atoms with E-state index in [1.54, 1.807) is 42.5 Å². The second kappa shape index (κ2) is 28.0. The van der Waals surface area contributed by atoms with Gasteiger partial charge in [0, 0.05) is 43.0 Å². The molecule has 0 aromatic heterocycles. The molecule has 0 radical (unpaired) electrons. The van der Waals surface area contributed by atoms with Gasteiger partial charge in [-0.05, 0) is 42.7 Å². The number of aliphatic hydroxyl groups is 1. The van der Waals surface area contributed by atoms with Crippen molar-refractivity contribution in [2.45, 2.75) is 162 Å². The SMILES string of the molecule is CCCCCCCCCCCC(=O)Oc1ccc(C=CC(O)c2ccc(OCc3ccccc3)cc2OC(C)=O)c(OC(=O)CCCCCCCCCCC)c1. The molecule has 0 spiro atoms. The predicted octanol–water partition coefficient (Wildman–Crippen LogP) is 12.6. The standard InChI is InChI=1S/C48H66O8/c1-4-6-8-10-12-14-16-18-23-27-47(51)55-42-31-29-40(45(36-42)56-48(52)28-24-19-17-15-13-11-9-7-5-2)30-34-44(50)43-33-32-41(35-46(43)54-38(3)49)53-37-39-25-21-20-22-26-39/h20-22,25-26,29-36,44,50H,4-19,23-24,27-28,37H2,1-3H3. The summed E-state index contributed by atoms with van der Waals surface area (Å²) in [4.78, 5) is 37.7. The molecule has 0 bridgehead atoms. The van der Waals surface area contributed by atoms with Crippen LogP contribution in [0, 0.1) is 0 Å². The van der Waals surface area contributed by atoms with Gasteiger partial charge in [0.2, 0.25) is 0 Å². The highest BCUT2D eigenvalue weighted by Gasteiger charge is 2.17. The fourth-order valence-corrected chi connectivity index (χ4v) is 6.45. The van der Waals surface area contributed by atoms with Crippen LogP contribution in [0.5, 0.6) is 23.0 Å². The molecular formula is C48H66O8. The van der Waals surface area contributed by atoms with E-state index in [9.17, 15) is 19.5 Å². The first-order valence-corrected chi connectivity index (χ1v) is 21.2. The lowest BCUT2D eigenvalue weighted by molar-refractivity contribution is -0.135. The van der Waals surface area contributed by atoms with E-state index in [1.165, 1.54) is 90.0 Å². The third-order valence-corrected chi connectivity index (χ3v) is 9.67. The van der Waals surface area contributed by atoms with Crippen LogP contribution in [0.25, 0.3) is 6.08 Å². The van der Waals surface area contributed by atoms with Gasteiger partial charge in [-0.15, -0.1) is 0 Å². The Bertz CT molecular complexity index is 1600. The van der Waals surface area contributed by atoms with Gasteiger partial charge in [-0.3, -0.25) is 14.4 Å². The number of unbranched alkanes of at least 4 members (excludes halogenated alkanes) is 16. The maximum Gasteiger partial charge on any atom is 0.311 e. The van der Waals surface area contributed by atoms with Gasteiger partial charge in [0.1, 0.15) is 35.7 Å². The predicted molar refractivity (Wildman–Crippen MR) is 224 cm³/mol. The summed E-state index contributed by atoms with van der Waals surface area (Å²) in [5, 5.41) is 11.3. The summed E-state index contributed by atoms with van der Waals surface area (Å²) in [6.07, 6.45) is 23.2. The molecule has 0 saturated heterocycles. The highest BCUT2D eigenvalue weighted by molar-refractivity contribution is 5.76. The topological polar surface area (TPSA) is 108 Å². The Kier molecular flexibility index (Phi) is 23.0. The van der Waals surface area contributed by atoms with Gasteiger partial charge in [-0.1, -0.05) is 159 Å². The van der Waals surface area contributed by atoms with Crippen LogP contribution in [0.15, 0.2) is 72.8 Å². The molecule has 0 aliphatic carbocycles. The average Bonchev–Trinajstić information content (AvgIpc) is 3.18. The van der Waals surface area contributed by atoms with Crippen LogP contribution < -0.4 is 18.9 Å². The van der Waals surface area contributed by atoms with Crippen molar-refractivity contribution in [3.63, 3.8) is 0 Å². The molecule has 0 aliphatic rings. The molecule has 1 atom stereocenters. The molecule has 0 heterocycles. The van der Waals surface area contributed by atoms with Gasteiger partial charge in [-0.25, -0.2) is 0 Å². The minimum atomic E-state index is -1.17. The van der Waals surface area contributed by atoms with Crippen molar-refractivity contribution in [3.8, 4) is 23.0 Å². The molecular weight excluding hydrogens is 705 g/mol. The molecule has 0 fully saturated rings. The minimum absolute atomic E-state index is 0.169. The van der Waals surface area contributed by atoms with Crippen LogP contribution >= 0.6 is 0 Å². The van der Waals surface area contributed by atoms with Crippen LogP contribution in [-0.4, -0.2) is 23.0 Å². The number of aliphatic hydroxyl groups excluding tert-OH is 1. The van der Waals surface area contributed by atoms with E-state index < -0.39 is 12.1 Å². The highest BCUT2D eigenvalue weighted by atomic mass is 16.5. The molecule has 306 valence electrons. The van der Waals surface area contributed by atoms with E-state index in [1.807, 2.05) is 30.3 Å². The Balaban J connectivity index is 1.66. The zero-order valence-electron chi connectivity index (χ0n) is 34.2. The Hall–Kier alpha value is -4.43. The van der Waals surface area contributed by atoms with E-state index in [-0.39, 0.29) is 35.6 Å². The maximum atomic E-state index is 13.0. The van der Waals surface area contributed by atoms with Crippen LogP contribution in [0.4, 0.5) is 0 Å². The fourth-order valence-electron chi connectivity index (χ4n) is 6.45. The van der Waals surface area contributed by atoms with Crippen molar-refractivity contribution in [3.05, 3.63) is 89.5 Å². The molecule has 0 amide bonds. The largest absolute Gasteiger partial charge is 0.489 e. The van der Waals surface area contributed by atoms with E-state index >= 15 is 0 Å². The van der Waals surface area contributed by atoms with E-state index in [0.29, 0.717) is 29.9 Å². The second-order valence-corrected chi connectivity index (χ2v) is 14.7. The zero-order chi connectivity index (χ0) is 40.2. The monoisotopic (exact) mass is 770 g/mol. The smallest absolute Gasteiger partial charge is 0.311 e. The number of ether oxygens (including phenoxy) is 4. The van der Waals surface area contributed by atoms with E-state index in [4.69, 9.17) is 18.9 Å². The van der Waals surface area contributed by atoms with Crippen molar-refractivity contribution >= 4 is 24.0 Å². The van der Waals surface area contributed by atoms with Crippen molar-refractivity contribution in [2.75, 3.05) is 0 Å². The molecule has 8 heteroatoms. The molecule has 3 aromatic carbocycles. The molecule has 56 heavy (non-hydrogen) atoms. The third-order valence-electron chi connectivity index (χ3n) is 9.67. The summed E-state index contributed by atoms with van der Waals surface area (Å²) in [5.41, 5.74) is 1.85.